The lowest BCUT2D eigenvalue weighted by molar-refractivity contribution is -0.124. The number of carbonyl (C=O) groups is 1. The second-order valence-electron chi connectivity index (χ2n) is 7.75. The molecule has 1 amide bonds. The van der Waals surface area contributed by atoms with Crippen LogP contribution in [0, 0.1) is 13.8 Å². The summed E-state index contributed by atoms with van der Waals surface area (Å²) >= 11 is 1.18. The van der Waals surface area contributed by atoms with E-state index in [2.05, 4.69) is 10.4 Å². The summed E-state index contributed by atoms with van der Waals surface area (Å²) in [4.78, 5) is 12.7. The first kappa shape index (κ1) is 21.7. The Balaban J connectivity index is 1.34. The van der Waals surface area contributed by atoms with E-state index in [4.69, 9.17) is 0 Å². The highest BCUT2D eigenvalue weighted by Gasteiger charge is 2.39. The molecule has 0 saturated carbocycles. The lowest BCUT2D eigenvalue weighted by Gasteiger charge is -2.22. The monoisotopic (exact) mass is 458 g/mol. The van der Waals surface area contributed by atoms with Crippen LogP contribution in [0.4, 0.5) is 0 Å². The standard InChI is InChI=1S/C22H26N4O3S2/c1-16-15-17(2)26(24-16)19-9-7-18(8-10-19)11-12-23-22(27)20-5-3-13-25(20)31(28,29)21-6-4-14-30-21/h4,6-10,14-15,20H,3,5,11-13H2,1-2H3,(H,23,27). The van der Waals surface area contributed by atoms with E-state index in [0.717, 1.165) is 22.6 Å². The number of nitrogens with zero attached hydrogens (tertiary/aromatic N) is 3. The van der Waals surface area contributed by atoms with Gasteiger partial charge in [-0.2, -0.15) is 9.40 Å². The van der Waals surface area contributed by atoms with Crippen molar-refractivity contribution in [2.45, 2.75) is 43.4 Å². The van der Waals surface area contributed by atoms with E-state index < -0.39 is 16.1 Å². The van der Waals surface area contributed by atoms with E-state index in [1.165, 1.54) is 15.6 Å². The number of rotatable bonds is 7. The molecule has 0 spiro atoms. The van der Waals surface area contributed by atoms with Crippen LogP contribution in [-0.4, -0.2) is 47.5 Å². The van der Waals surface area contributed by atoms with Gasteiger partial charge in [-0.3, -0.25) is 4.79 Å². The maximum atomic E-state index is 12.8. The van der Waals surface area contributed by atoms with Gasteiger partial charge < -0.3 is 5.32 Å². The minimum atomic E-state index is -3.62. The predicted octanol–water partition coefficient (Wildman–Crippen LogP) is 3.06. The predicted molar refractivity (Wildman–Crippen MR) is 121 cm³/mol. The Labute approximate surface area is 186 Å². The molecule has 1 unspecified atom stereocenters. The van der Waals surface area contributed by atoms with Gasteiger partial charge in [0.25, 0.3) is 10.0 Å². The largest absolute Gasteiger partial charge is 0.354 e. The first-order valence-electron chi connectivity index (χ1n) is 10.3. The quantitative estimate of drug-likeness (QED) is 0.590. The lowest BCUT2D eigenvalue weighted by Crippen LogP contribution is -2.46. The average Bonchev–Trinajstić information content (AvgIpc) is 3.50. The van der Waals surface area contributed by atoms with Crippen LogP contribution in [0.2, 0.25) is 0 Å². The van der Waals surface area contributed by atoms with Crippen LogP contribution in [0.5, 0.6) is 0 Å². The third kappa shape index (κ3) is 4.58. The normalized spacial score (nSPS) is 17.2. The van der Waals surface area contributed by atoms with Gasteiger partial charge in [0.15, 0.2) is 0 Å². The van der Waals surface area contributed by atoms with E-state index in [-0.39, 0.29) is 10.1 Å². The Bertz CT molecular complexity index is 1150. The van der Waals surface area contributed by atoms with E-state index >= 15 is 0 Å². The van der Waals surface area contributed by atoms with E-state index in [1.807, 2.05) is 48.9 Å². The van der Waals surface area contributed by atoms with Crippen LogP contribution in [-0.2, 0) is 21.2 Å². The molecule has 1 fully saturated rings. The summed E-state index contributed by atoms with van der Waals surface area (Å²) < 4.78 is 29.2. The second kappa shape index (κ2) is 8.94. The van der Waals surface area contributed by atoms with Gasteiger partial charge in [0, 0.05) is 18.8 Å². The molecule has 2 aromatic heterocycles. The third-order valence-electron chi connectivity index (χ3n) is 5.47. The zero-order chi connectivity index (χ0) is 22.0. The maximum Gasteiger partial charge on any atom is 0.253 e. The Morgan fingerprint density at radius 1 is 1.23 bits per heavy atom. The number of sulfonamides is 1. The number of nitrogens with one attached hydrogen (secondary N) is 1. The van der Waals surface area contributed by atoms with Gasteiger partial charge in [0.2, 0.25) is 5.91 Å². The Kier molecular flexibility index (Phi) is 6.27. The topological polar surface area (TPSA) is 84.3 Å². The summed E-state index contributed by atoms with van der Waals surface area (Å²) in [6.07, 6.45) is 1.91. The molecule has 3 aromatic rings. The van der Waals surface area contributed by atoms with Crippen LogP contribution >= 0.6 is 11.3 Å². The Morgan fingerprint density at radius 3 is 2.65 bits per heavy atom. The van der Waals surface area contributed by atoms with Crippen molar-refractivity contribution >= 4 is 27.3 Å². The lowest BCUT2D eigenvalue weighted by atomic mass is 10.1. The molecule has 0 aliphatic carbocycles. The number of amides is 1. The van der Waals surface area contributed by atoms with Gasteiger partial charge in [-0.25, -0.2) is 13.1 Å². The number of benzene rings is 1. The molecule has 1 aliphatic heterocycles. The number of carbonyl (C=O) groups excluding carboxylic acids is 1. The number of aromatic nitrogens is 2. The molecule has 1 saturated heterocycles. The summed E-state index contributed by atoms with van der Waals surface area (Å²) in [5, 5.41) is 9.15. The Hall–Kier alpha value is -2.49. The summed E-state index contributed by atoms with van der Waals surface area (Å²) in [6, 6.07) is 12.8. The molecule has 164 valence electrons. The number of aryl methyl sites for hydroxylation is 2. The molecule has 7 nitrogen and oxygen atoms in total. The summed E-state index contributed by atoms with van der Waals surface area (Å²) in [5.74, 6) is -0.225. The zero-order valence-corrected chi connectivity index (χ0v) is 19.2. The highest BCUT2D eigenvalue weighted by Crippen LogP contribution is 2.28. The van der Waals surface area contributed by atoms with Crippen LogP contribution in [0.25, 0.3) is 5.69 Å². The minimum Gasteiger partial charge on any atom is -0.354 e. The highest BCUT2D eigenvalue weighted by atomic mass is 32.2. The van der Waals surface area contributed by atoms with Crippen molar-refractivity contribution in [3.63, 3.8) is 0 Å². The van der Waals surface area contributed by atoms with Gasteiger partial charge in [-0.1, -0.05) is 18.2 Å². The molecule has 31 heavy (non-hydrogen) atoms. The van der Waals surface area contributed by atoms with E-state index in [9.17, 15) is 13.2 Å². The van der Waals surface area contributed by atoms with Crippen molar-refractivity contribution in [3.8, 4) is 5.69 Å². The molecule has 1 N–H and O–H groups in total. The maximum absolute atomic E-state index is 12.8. The number of hydrogen-bond acceptors (Lipinski definition) is 5. The summed E-state index contributed by atoms with van der Waals surface area (Å²) in [6.45, 7) is 4.83. The van der Waals surface area contributed by atoms with Crippen molar-refractivity contribution in [2.24, 2.45) is 0 Å². The number of hydrogen-bond donors (Lipinski definition) is 1. The first-order chi connectivity index (χ1) is 14.9. The van der Waals surface area contributed by atoms with Crippen molar-refractivity contribution in [1.82, 2.24) is 19.4 Å². The van der Waals surface area contributed by atoms with Crippen molar-refractivity contribution in [1.29, 1.82) is 0 Å². The molecular weight excluding hydrogens is 432 g/mol. The smallest absolute Gasteiger partial charge is 0.253 e. The average molecular weight is 459 g/mol. The van der Waals surface area contributed by atoms with Crippen molar-refractivity contribution in [3.05, 3.63) is 64.8 Å². The molecular formula is C22H26N4O3S2. The zero-order valence-electron chi connectivity index (χ0n) is 17.6. The highest BCUT2D eigenvalue weighted by molar-refractivity contribution is 7.91. The van der Waals surface area contributed by atoms with E-state index in [0.29, 0.717) is 32.4 Å². The molecule has 1 aromatic carbocycles. The van der Waals surface area contributed by atoms with Crippen LogP contribution < -0.4 is 5.32 Å². The van der Waals surface area contributed by atoms with Crippen molar-refractivity contribution in [2.75, 3.05) is 13.1 Å². The van der Waals surface area contributed by atoms with E-state index in [1.54, 1.807) is 17.5 Å². The fraction of sp³-hybridized carbons (Fsp3) is 0.364. The number of thiophene rings is 1. The molecule has 9 heteroatoms. The molecule has 4 rings (SSSR count). The van der Waals surface area contributed by atoms with Gasteiger partial charge in [-0.05, 0) is 68.3 Å². The summed E-state index contributed by atoms with van der Waals surface area (Å²) in [5.41, 5.74) is 4.15. The summed E-state index contributed by atoms with van der Waals surface area (Å²) in [7, 11) is -3.62. The SMILES string of the molecule is Cc1cc(C)n(-c2ccc(CCNC(=O)C3CCCN3S(=O)(=O)c3cccs3)cc2)n1. The third-order valence-corrected chi connectivity index (χ3v) is 8.75. The van der Waals surface area contributed by atoms with Gasteiger partial charge >= 0.3 is 0 Å². The van der Waals surface area contributed by atoms with Crippen LogP contribution in [0.15, 0.2) is 52.1 Å². The molecule has 3 heterocycles. The molecule has 1 atom stereocenters. The van der Waals surface area contributed by atoms with Crippen molar-refractivity contribution < 1.29 is 13.2 Å². The first-order valence-corrected chi connectivity index (χ1v) is 12.6. The van der Waals surface area contributed by atoms with Gasteiger partial charge in [-0.15, -0.1) is 11.3 Å². The minimum absolute atomic E-state index is 0.225. The van der Waals surface area contributed by atoms with Gasteiger partial charge in [0.05, 0.1) is 11.4 Å². The van der Waals surface area contributed by atoms with Gasteiger partial charge in [0.1, 0.15) is 10.3 Å². The fourth-order valence-corrected chi connectivity index (χ4v) is 6.73. The molecule has 0 radical (unpaired) electrons. The molecule has 1 aliphatic rings. The fourth-order valence-electron chi connectivity index (χ4n) is 3.96. The molecule has 0 bridgehead atoms. The Morgan fingerprint density at radius 2 is 2.00 bits per heavy atom. The van der Waals surface area contributed by atoms with Crippen LogP contribution in [0.1, 0.15) is 29.8 Å². The van der Waals surface area contributed by atoms with Crippen LogP contribution in [0.3, 0.4) is 0 Å². The second-order valence-corrected chi connectivity index (χ2v) is 10.8.